The number of anilines is 1. The summed E-state index contributed by atoms with van der Waals surface area (Å²) in [5.74, 6) is -0.861. The minimum atomic E-state index is -4.12. The highest BCUT2D eigenvalue weighted by atomic mass is 35.5. The van der Waals surface area contributed by atoms with E-state index >= 15 is 0 Å². The molecule has 0 bridgehead atoms. The Morgan fingerprint density at radius 3 is 2.54 bits per heavy atom. The Kier molecular flexibility index (Phi) is 6.02. The van der Waals surface area contributed by atoms with Crippen LogP contribution in [0, 0.1) is 0 Å². The summed E-state index contributed by atoms with van der Waals surface area (Å²) in [4.78, 5) is 10.8. The molecule has 5 N–H and O–H groups in total. The van der Waals surface area contributed by atoms with E-state index in [9.17, 15) is 13.2 Å². The maximum Gasteiger partial charge on any atom is 0.338 e. The molecule has 0 fully saturated rings. The first-order chi connectivity index (χ1) is 12.1. The van der Waals surface area contributed by atoms with Gasteiger partial charge in [0.1, 0.15) is 11.1 Å². The number of carbonyl (C=O) groups is 1. The minimum Gasteiger partial charge on any atom is -0.497 e. The second-order valence-electron chi connectivity index (χ2n) is 5.40. The molecule has 0 spiro atoms. The van der Waals surface area contributed by atoms with Crippen molar-refractivity contribution in [2.24, 2.45) is 5.73 Å². The summed E-state index contributed by atoms with van der Waals surface area (Å²) in [5.41, 5.74) is 11.4. The predicted molar refractivity (Wildman–Crippen MR) is 99.7 cm³/mol. The van der Waals surface area contributed by atoms with Crippen LogP contribution in [0.15, 0.2) is 35.2 Å². The standard InChI is InChI=1S/C16H16Cl2N2O5S/c1-25-9-4-2-3-8(5-9)6-12(19)26(23,24)11-7-10(17)13(16(21)22)14(18)15(11)20/h2-5,7,12H,6,19-20H2,1H3,(H,21,22). The van der Waals surface area contributed by atoms with Gasteiger partial charge >= 0.3 is 5.97 Å². The van der Waals surface area contributed by atoms with Crippen LogP contribution < -0.4 is 16.2 Å². The second kappa shape index (κ2) is 7.71. The van der Waals surface area contributed by atoms with E-state index in [2.05, 4.69) is 0 Å². The van der Waals surface area contributed by atoms with Crippen LogP contribution in [0.4, 0.5) is 5.69 Å². The molecule has 0 aliphatic carbocycles. The number of hydrogen-bond donors (Lipinski definition) is 3. The first-order valence-electron chi connectivity index (χ1n) is 7.22. The molecule has 0 aliphatic rings. The van der Waals surface area contributed by atoms with E-state index in [4.69, 9.17) is 44.5 Å². The second-order valence-corrected chi connectivity index (χ2v) is 8.32. The zero-order valence-electron chi connectivity index (χ0n) is 13.6. The average molecular weight is 419 g/mol. The molecule has 0 aliphatic heterocycles. The van der Waals surface area contributed by atoms with Crippen LogP contribution in [0.25, 0.3) is 0 Å². The van der Waals surface area contributed by atoms with Gasteiger partial charge in [-0.2, -0.15) is 0 Å². The fourth-order valence-electron chi connectivity index (χ4n) is 2.35. The van der Waals surface area contributed by atoms with Crippen LogP contribution >= 0.6 is 23.2 Å². The Labute approximate surface area is 160 Å². The Morgan fingerprint density at radius 2 is 1.96 bits per heavy atom. The van der Waals surface area contributed by atoms with E-state index in [-0.39, 0.29) is 11.4 Å². The van der Waals surface area contributed by atoms with Gasteiger partial charge in [0.05, 0.1) is 33.3 Å². The maximum absolute atomic E-state index is 12.8. The number of sulfone groups is 1. The third-order valence-electron chi connectivity index (χ3n) is 3.71. The van der Waals surface area contributed by atoms with Crippen molar-refractivity contribution in [1.29, 1.82) is 0 Å². The number of halogens is 2. The molecule has 0 amide bonds. The van der Waals surface area contributed by atoms with E-state index in [0.29, 0.717) is 11.3 Å². The van der Waals surface area contributed by atoms with Gasteiger partial charge in [0, 0.05) is 6.42 Å². The van der Waals surface area contributed by atoms with Gasteiger partial charge in [-0.25, -0.2) is 13.2 Å². The van der Waals surface area contributed by atoms with Gasteiger partial charge in [0.25, 0.3) is 0 Å². The summed E-state index contributed by atoms with van der Waals surface area (Å²) < 4.78 is 30.7. The third kappa shape index (κ3) is 3.88. The Bertz CT molecular complexity index is 963. The van der Waals surface area contributed by atoms with Gasteiger partial charge in [-0.1, -0.05) is 35.3 Å². The number of aromatic carboxylic acids is 1. The van der Waals surface area contributed by atoms with Crippen LogP contribution in [0.2, 0.25) is 10.0 Å². The van der Waals surface area contributed by atoms with Crippen LogP contribution in [0.5, 0.6) is 5.75 Å². The van der Waals surface area contributed by atoms with Crippen LogP contribution in [0.3, 0.4) is 0 Å². The molecule has 2 aromatic carbocycles. The molecule has 7 nitrogen and oxygen atoms in total. The number of methoxy groups -OCH3 is 1. The summed E-state index contributed by atoms with van der Waals surface area (Å²) in [6.07, 6.45) is -0.0190. The van der Waals surface area contributed by atoms with Gasteiger partial charge < -0.3 is 21.3 Å². The smallest absolute Gasteiger partial charge is 0.338 e. The van der Waals surface area contributed by atoms with Crippen molar-refractivity contribution in [2.75, 3.05) is 12.8 Å². The Balaban J connectivity index is 2.45. The molecule has 140 valence electrons. The van der Waals surface area contributed by atoms with Gasteiger partial charge in [0.15, 0.2) is 9.84 Å². The molecule has 0 radical (unpaired) electrons. The number of nitrogen functional groups attached to an aromatic ring is 1. The topological polar surface area (TPSA) is 133 Å². The van der Waals surface area contributed by atoms with Crippen LogP contribution in [0.1, 0.15) is 15.9 Å². The van der Waals surface area contributed by atoms with E-state index in [0.717, 1.165) is 6.07 Å². The zero-order valence-corrected chi connectivity index (χ0v) is 15.9. The molecule has 10 heteroatoms. The molecule has 0 heterocycles. The molecule has 26 heavy (non-hydrogen) atoms. The Hall–Kier alpha value is -2.00. The van der Waals surface area contributed by atoms with Crippen molar-refractivity contribution in [3.05, 3.63) is 51.5 Å². The zero-order chi connectivity index (χ0) is 19.6. The molecular weight excluding hydrogens is 403 g/mol. The fraction of sp³-hybridized carbons (Fsp3) is 0.188. The summed E-state index contributed by atoms with van der Waals surface area (Å²) in [5, 5.41) is 6.97. The highest BCUT2D eigenvalue weighted by Gasteiger charge is 2.30. The highest BCUT2D eigenvalue weighted by molar-refractivity contribution is 7.92. The highest BCUT2D eigenvalue weighted by Crippen LogP contribution is 2.37. The quantitative estimate of drug-likeness (QED) is 0.613. The summed E-state index contributed by atoms with van der Waals surface area (Å²) in [6, 6.07) is 7.73. The number of benzene rings is 2. The molecule has 0 aromatic heterocycles. The van der Waals surface area contributed by atoms with Gasteiger partial charge in [-0.3, -0.25) is 0 Å². The lowest BCUT2D eigenvalue weighted by atomic mass is 10.1. The molecular formula is C16H16Cl2N2O5S. The lowest BCUT2D eigenvalue weighted by molar-refractivity contribution is 0.0697. The summed E-state index contributed by atoms with van der Waals surface area (Å²) in [6.45, 7) is 0. The SMILES string of the molecule is COc1cccc(CC(N)S(=O)(=O)c2cc(Cl)c(C(=O)O)c(Cl)c2N)c1. The van der Waals surface area contributed by atoms with Gasteiger partial charge in [-0.05, 0) is 23.8 Å². The molecule has 2 rings (SSSR count). The van der Waals surface area contributed by atoms with E-state index in [1.165, 1.54) is 7.11 Å². The minimum absolute atomic E-state index is 0.0190. The number of carboxylic acids is 1. The molecule has 1 atom stereocenters. The third-order valence-corrected chi connectivity index (χ3v) is 6.31. The maximum atomic E-state index is 12.8. The summed E-state index contributed by atoms with van der Waals surface area (Å²) >= 11 is 11.8. The number of hydrogen-bond acceptors (Lipinski definition) is 6. The van der Waals surface area contributed by atoms with Crippen LogP contribution in [-0.4, -0.2) is 32.0 Å². The predicted octanol–water partition coefficient (Wildman–Crippen LogP) is 2.58. The monoisotopic (exact) mass is 418 g/mol. The van der Waals surface area contributed by atoms with Crippen molar-refractivity contribution in [3.8, 4) is 5.75 Å². The van der Waals surface area contributed by atoms with E-state index < -0.39 is 42.3 Å². The average Bonchev–Trinajstić information content (AvgIpc) is 2.57. The van der Waals surface area contributed by atoms with Gasteiger partial charge in [-0.15, -0.1) is 0 Å². The number of rotatable bonds is 6. The van der Waals surface area contributed by atoms with E-state index in [1.807, 2.05) is 0 Å². The lowest BCUT2D eigenvalue weighted by Gasteiger charge is -2.17. The number of carboxylic acid groups (broad SMARTS) is 1. The van der Waals surface area contributed by atoms with Crippen LogP contribution in [-0.2, 0) is 16.3 Å². The van der Waals surface area contributed by atoms with Crippen molar-refractivity contribution in [3.63, 3.8) is 0 Å². The normalized spacial score (nSPS) is 12.6. The number of nitrogens with two attached hydrogens (primary N) is 2. The number of ether oxygens (including phenoxy) is 1. The first-order valence-corrected chi connectivity index (χ1v) is 9.53. The van der Waals surface area contributed by atoms with Gasteiger partial charge in [0.2, 0.25) is 0 Å². The summed E-state index contributed by atoms with van der Waals surface area (Å²) in [7, 11) is -2.63. The largest absolute Gasteiger partial charge is 0.497 e. The molecule has 1 unspecified atom stereocenters. The molecule has 0 saturated heterocycles. The van der Waals surface area contributed by atoms with Crippen molar-refractivity contribution >= 4 is 44.7 Å². The van der Waals surface area contributed by atoms with Crippen molar-refractivity contribution < 1.29 is 23.1 Å². The Morgan fingerprint density at radius 1 is 1.31 bits per heavy atom. The fourth-order valence-corrected chi connectivity index (χ4v) is 4.52. The lowest BCUT2D eigenvalue weighted by Crippen LogP contribution is -2.33. The first kappa shape index (κ1) is 20.3. The van der Waals surface area contributed by atoms with E-state index in [1.54, 1.807) is 24.3 Å². The van der Waals surface area contributed by atoms with Crippen molar-refractivity contribution in [2.45, 2.75) is 16.7 Å². The van der Waals surface area contributed by atoms with Crippen molar-refractivity contribution in [1.82, 2.24) is 0 Å². The molecule has 0 saturated carbocycles. The molecule has 2 aromatic rings.